The van der Waals surface area contributed by atoms with E-state index in [0.29, 0.717) is 12.6 Å². The van der Waals surface area contributed by atoms with Gasteiger partial charge in [0.2, 0.25) is 0 Å². The van der Waals surface area contributed by atoms with Crippen LogP contribution in [-0.4, -0.2) is 0 Å². The van der Waals surface area contributed by atoms with E-state index in [1.165, 1.54) is 0 Å². The molecule has 0 bridgehead atoms. The normalized spacial score (nSPS) is 10.7. The van der Waals surface area contributed by atoms with E-state index >= 15 is 0 Å². The van der Waals surface area contributed by atoms with Gasteiger partial charge in [-0.1, -0.05) is 0 Å². The van der Waals surface area contributed by atoms with Gasteiger partial charge in [-0.05, 0) is 25.5 Å². The van der Waals surface area contributed by atoms with Crippen LogP contribution in [0.25, 0.3) is 0 Å². The zero-order valence-electron chi connectivity index (χ0n) is 9.98. The Bertz CT molecular complexity index is 578. The van der Waals surface area contributed by atoms with Crippen LogP contribution in [0.2, 0.25) is 0 Å². The number of thiophene rings is 1. The fourth-order valence-electron chi connectivity index (χ4n) is 1.73. The predicted octanol–water partition coefficient (Wildman–Crippen LogP) is 4.39. The van der Waals surface area contributed by atoms with Crippen molar-refractivity contribution in [1.82, 2.24) is 0 Å². The van der Waals surface area contributed by atoms with Crippen molar-refractivity contribution in [3.63, 3.8) is 0 Å². The Morgan fingerprint density at radius 2 is 1.83 bits per heavy atom. The quantitative estimate of drug-likeness (QED) is 0.816. The highest BCUT2D eigenvalue weighted by Gasteiger charge is 2.11. The highest BCUT2D eigenvalue weighted by Crippen LogP contribution is 2.23. The summed E-state index contributed by atoms with van der Waals surface area (Å²) in [5, 5.41) is 2.72. The zero-order valence-corrected chi connectivity index (χ0v) is 10.8. The molecule has 2 aromatic rings. The van der Waals surface area contributed by atoms with Crippen LogP contribution in [0.4, 0.5) is 18.9 Å². The minimum Gasteiger partial charge on any atom is -0.378 e. The van der Waals surface area contributed by atoms with Crippen LogP contribution in [0.15, 0.2) is 18.2 Å². The maximum absolute atomic E-state index is 13.4. The molecule has 0 saturated carbocycles. The molecule has 1 nitrogen and oxygen atoms in total. The van der Waals surface area contributed by atoms with E-state index in [1.54, 1.807) is 11.3 Å². The zero-order chi connectivity index (χ0) is 13.3. The van der Waals surface area contributed by atoms with Gasteiger partial charge in [-0.3, -0.25) is 0 Å². The maximum atomic E-state index is 13.4. The van der Waals surface area contributed by atoms with Crippen molar-refractivity contribution in [2.75, 3.05) is 5.32 Å². The number of halogens is 3. The molecule has 5 heteroatoms. The van der Waals surface area contributed by atoms with Crippen LogP contribution in [0.5, 0.6) is 0 Å². The van der Waals surface area contributed by atoms with Crippen molar-refractivity contribution in [3.8, 4) is 0 Å². The molecule has 0 aliphatic rings. The fraction of sp³-hybridized carbons (Fsp3) is 0.231. The van der Waals surface area contributed by atoms with E-state index in [0.717, 1.165) is 21.4 Å². The first-order valence-electron chi connectivity index (χ1n) is 5.41. The number of rotatable bonds is 3. The molecule has 96 valence electrons. The molecule has 0 amide bonds. The summed E-state index contributed by atoms with van der Waals surface area (Å²) < 4.78 is 39.4. The van der Waals surface area contributed by atoms with Gasteiger partial charge >= 0.3 is 0 Å². The summed E-state index contributed by atoms with van der Waals surface area (Å²) in [6.45, 7) is 4.27. The number of aryl methyl sites for hydroxylation is 2. The maximum Gasteiger partial charge on any atom is 0.182 e. The number of hydrogen-bond acceptors (Lipinski definition) is 2. The lowest BCUT2D eigenvalue weighted by molar-refractivity contribution is 0.497. The van der Waals surface area contributed by atoms with Crippen LogP contribution >= 0.6 is 11.3 Å². The molecule has 0 unspecified atom stereocenters. The van der Waals surface area contributed by atoms with E-state index in [4.69, 9.17) is 0 Å². The Labute approximate surface area is 107 Å². The lowest BCUT2D eigenvalue weighted by Gasteiger charge is -2.08. The Morgan fingerprint density at radius 3 is 2.44 bits per heavy atom. The first-order chi connectivity index (χ1) is 8.47. The number of anilines is 1. The third-order valence-electron chi connectivity index (χ3n) is 2.61. The van der Waals surface area contributed by atoms with Crippen LogP contribution in [0.3, 0.4) is 0 Å². The first-order valence-corrected chi connectivity index (χ1v) is 6.23. The summed E-state index contributed by atoms with van der Waals surface area (Å²) in [6.07, 6.45) is 0. The lowest BCUT2D eigenvalue weighted by atomic mass is 10.2. The van der Waals surface area contributed by atoms with Gasteiger partial charge in [0.25, 0.3) is 0 Å². The predicted molar refractivity (Wildman–Crippen MR) is 67.4 cm³/mol. The number of nitrogens with one attached hydrogen (secondary N) is 1. The Balaban J connectivity index is 2.18. The SMILES string of the molecule is Cc1cc(CNc2cc(F)cc(F)c2F)c(C)s1. The second-order valence-electron chi connectivity index (χ2n) is 4.04. The van der Waals surface area contributed by atoms with Gasteiger partial charge in [0.1, 0.15) is 5.82 Å². The summed E-state index contributed by atoms with van der Waals surface area (Å²) in [4.78, 5) is 2.26. The van der Waals surface area contributed by atoms with E-state index in [2.05, 4.69) is 5.32 Å². The van der Waals surface area contributed by atoms with Crippen molar-refractivity contribution in [3.05, 3.63) is 51.0 Å². The molecule has 0 atom stereocenters. The van der Waals surface area contributed by atoms with Crippen molar-refractivity contribution >= 4 is 17.0 Å². The van der Waals surface area contributed by atoms with Crippen molar-refractivity contribution < 1.29 is 13.2 Å². The Morgan fingerprint density at radius 1 is 1.11 bits per heavy atom. The topological polar surface area (TPSA) is 12.0 Å². The highest BCUT2D eigenvalue weighted by molar-refractivity contribution is 7.12. The molecule has 0 aliphatic carbocycles. The van der Waals surface area contributed by atoms with Gasteiger partial charge in [0.15, 0.2) is 11.6 Å². The Hall–Kier alpha value is -1.49. The molecule has 0 spiro atoms. The third kappa shape index (κ3) is 2.67. The molecule has 18 heavy (non-hydrogen) atoms. The van der Waals surface area contributed by atoms with E-state index in [-0.39, 0.29) is 5.69 Å². The van der Waals surface area contributed by atoms with Crippen LogP contribution in [0.1, 0.15) is 15.3 Å². The average molecular weight is 271 g/mol. The summed E-state index contributed by atoms with van der Waals surface area (Å²) >= 11 is 1.63. The van der Waals surface area contributed by atoms with Crippen molar-refractivity contribution in [2.45, 2.75) is 20.4 Å². The highest BCUT2D eigenvalue weighted by atomic mass is 32.1. The molecule has 0 aliphatic heterocycles. The second-order valence-corrected chi connectivity index (χ2v) is 5.50. The molecule has 0 radical (unpaired) electrons. The molecule has 1 heterocycles. The van der Waals surface area contributed by atoms with E-state index in [9.17, 15) is 13.2 Å². The molecule has 0 saturated heterocycles. The molecule has 1 aromatic carbocycles. The van der Waals surface area contributed by atoms with Crippen molar-refractivity contribution in [2.24, 2.45) is 0 Å². The van der Waals surface area contributed by atoms with Gasteiger partial charge in [-0.2, -0.15) is 0 Å². The van der Waals surface area contributed by atoms with Gasteiger partial charge < -0.3 is 5.32 Å². The second kappa shape index (κ2) is 5.02. The standard InChI is InChI=1S/C13H12F3NS/c1-7-3-9(8(2)18-7)6-17-12-5-10(14)4-11(15)13(12)16/h3-5,17H,6H2,1-2H3. The summed E-state index contributed by atoms with van der Waals surface area (Å²) in [5.74, 6) is -3.04. The van der Waals surface area contributed by atoms with Crippen LogP contribution in [-0.2, 0) is 6.54 Å². The summed E-state index contributed by atoms with van der Waals surface area (Å²) in [5.41, 5.74) is 0.845. The summed E-state index contributed by atoms with van der Waals surface area (Å²) in [6, 6.07) is 3.45. The molecular weight excluding hydrogens is 259 g/mol. The van der Waals surface area contributed by atoms with E-state index < -0.39 is 17.5 Å². The van der Waals surface area contributed by atoms with Crippen molar-refractivity contribution in [1.29, 1.82) is 0 Å². The minimum absolute atomic E-state index is 0.157. The van der Waals surface area contributed by atoms with Gasteiger partial charge in [-0.25, -0.2) is 13.2 Å². The van der Waals surface area contributed by atoms with Crippen LogP contribution in [0, 0.1) is 31.3 Å². The molecular formula is C13H12F3NS. The largest absolute Gasteiger partial charge is 0.378 e. The smallest absolute Gasteiger partial charge is 0.182 e. The molecule has 1 N–H and O–H groups in total. The third-order valence-corrected chi connectivity index (χ3v) is 3.61. The van der Waals surface area contributed by atoms with E-state index in [1.807, 2.05) is 19.9 Å². The first kappa shape index (κ1) is 13.0. The van der Waals surface area contributed by atoms with Crippen LogP contribution < -0.4 is 5.32 Å². The van der Waals surface area contributed by atoms with Gasteiger partial charge in [0.05, 0.1) is 5.69 Å². The average Bonchev–Trinajstić information content (AvgIpc) is 2.60. The Kier molecular flexibility index (Phi) is 3.61. The number of benzene rings is 1. The fourth-order valence-corrected chi connectivity index (χ4v) is 2.68. The monoisotopic (exact) mass is 271 g/mol. The minimum atomic E-state index is -1.18. The molecule has 0 fully saturated rings. The molecule has 1 aromatic heterocycles. The van der Waals surface area contributed by atoms with Gasteiger partial charge in [0, 0.05) is 28.4 Å². The van der Waals surface area contributed by atoms with Gasteiger partial charge in [-0.15, -0.1) is 11.3 Å². The molecule has 2 rings (SSSR count). The summed E-state index contributed by atoms with van der Waals surface area (Å²) in [7, 11) is 0. The lowest BCUT2D eigenvalue weighted by Crippen LogP contribution is -2.03. The number of hydrogen-bond donors (Lipinski definition) is 1.